The Bertz CT molecular complexity index is 350. The average molecular weight is 265 g/mol. The van der Waals surface area contributed by atoms with Crippen molar-refractivity contribution < 1.29 is 9.84 Å². The number of benzene rings is 1. The van der Waals surface area contributed by atoms with Crippen LogP contribution in [0.25, 0.3) is 0 Å². The van der Waals surface area contributed by atoms with Crippen LogP contribution in [-0.2, 0) is 6.42 Å². The lowest BCUT2D eigenvalue weighted by Gasteiger charge is -2.28. The lowest BCUT2D eigenvalue weighted by atomic mass is 9.97. The highest BCUT2D eigenvalue weighted by atomic mass is 16.5. The smallest absolute Gasteiger partial charge is 0.119 e. The van der Waals surface area contributed by atoms with Gasteiger partial charge in [0.2, 0.25) is 0 Å². The number of likely N-dealkylation sites (N-methyl/N-ethyl adjacent to an activating group) is 1. The highest BCUT2D eigenvalue weighted by molar-refractivity contribution is 5.27. The van der Waals surface area contributed by atoms with Gasteiger partial charge in [0.05, 0.1) is 13.2 Å². The SMILES string of the molecule is CCNC(C)(CO)CCCOc1ccc(CC)cc1. The quantitative estimate of drug-likeness (QED) is 0.675. The van der Waals surface area contributed by atoms with Crippen LogP contribution < -0.4 is 10.1 Å². The molecule has 0 saturated heterocycles. The van der Waals surface area contributed by atoms with Crippen LogP contribution in [0.15, 0.2) is 24.3 Å². The summed E-state index contributed by atoms with van der Waals surface area (Å²) in [6, 6.07) is 8.25. The maximum atomic E-state index is 9.39. The van der Waals surface area contributed by atoms with E-state index in [1.165, 1.54) is 5.56 Å². The zero-order chi connectivity index (χ0) is 14.1. The van der Waals surface area contributed by atoms with E-state index in [2.05, 4.69) is 31.3 Å². The van der Waals surface area contributed by atoms with Crippen molar-refractivity contribution in [2.45, 2.75) is 45.6 Å². The van der Waals surface area contributed by atoms with Gasteiger partial charge in [-0.2, -0.15) is 0 Å². The van der Waals surface area contributed by atoms with Crippen LogP contribution in [0.2, 0.25) is 0 Å². The fraction of sp³-hybridized carbons (Fsp3) is 0.625. The molecule has 3 heteroatoms. The highest BCUT2D eigenvalue weighted by Gasteiger charge is 2.20. The van der Waals surface area contributed by atoms with Crippen molar-refractivity contribution in [3.63, 3.8) is 0 Å². The minimum absolute atomic E-state index is 0.159. The maximum absolute atomic E-state index is 9.39. The van der Waals surface area contributed by atoms with Gasteiger partial charge in [-0.05, 0) is 50.4 Å². The van der Waals surface area contributed by atoms with Gasteiger partial charge in [0.1, 0.15) is 5.75 Å². The number of ether oxygens (including phenoxy) is 1. The van der Waals surface area contributed by atoms with Gasteiger partial charge < -0.3 is 15.2 Å². The molecule has 108 valence electrons. The first-order valence-electron chi connectivity index (χ1n) is 7.21. The molecule has 0 bridgehead atoms. The molecule has 1 unspecified atom stereocenters. The van der Waals surface area contributed by atoms with E-state index in [1.807, 2.05) is 19.1 Å². The Morgan fingerprint density at radius 1 is 1.21 bits per heavy atom. The lowest BCUT2D eigenvalue weighted by Crippen LogP contribution is -2.45. The maximum Gasteiger partial charge on any atom is 0.119 e. The summed E-state index contributed by atoms with van der Waals surface area (Å²) in [5.74, 6) is 0.923. The van der Waals surface area contributed by atoms with E-state index in [0.717, 1.165) is 31.6 Å². The number of aliphatic hydroxyl groups excluding tert-OH is 1. The second-order valence-electron chi connectivity index (χ2n) is 5.20. The van der Waals surface area contributed by atoms with Gasteiger partial charge in [-0.25, -0.2) is 0 Å². The fourth-order valence-electron chi connectivity index (χ4n) is 2.12. The standard InChI is InChI=1S/C16H27NO2/c1-4-14-7-9-15(10-8-14)19-12-6-11-16(3,13-18)17-5-2/h7-10,17-18H,4-6,11-13H2,1-3H3. The number of hydrogen-bond donors (Lipinski definition) is 2. The summed E-state index contributed by atoms with van der Waals surface area (Å²) in [5.41, 5.74) is 1.14. The number of aryl methyl sites for hydroxylation is 1. The van der Waals surface area contributed by atoms with Crippen LogP contribution in [0.4, 0.5) is 0 Å². The van der Waals surface area contributed by atoms with E-state index < -0.39 is 0 Å². The zero-order valence-electron chi connectivity index (χ0n) is 12.4. The van der Waals surface area contributed by atoms with E-state index in [-0.39, 0.29) is 12.1 Å². The normalized spacial score (nSPS) is 14.1. The van der Waals surface area contributed by atoms with Crippen molar-refractivity contribution >= 4 is 0 Å². The number of nitrogens with one attached hydrogen (secondary N) is 1. The molecule has 0 aliphatic heterocycles. The highest BCUT2D eigenvalue weighted by Crippen LogP contribution is 2.15. The second kappa shape index (κ2) is 8.18. The van der Waals surface area contributed by atoms with Gasteiger partial charge in [0.15, 0.2) is 0 Å². The van der Waals surface area contributed by atoms with Crippen LogP contribution in [0.3, 0.4) is 0 Å². The predicted molar refractivity (Wildman–Crippen MR) is 79.7 cm³/mol. The molecule has 3 nitrogen and oxygen atoms in total. The molecule has 2 N–H and O–H groups in total. The van der Waals surface area contributed by atoms with E-state index in [4.69, 9.17) is 4.74 Å². The van der Waals surface area contributed by atoms with Crippen LogP contribution >= 0.6 is 0 Å². The molecular formula is C16H27NO2. The Kier molecular flexibility index (Phi) is 6.89. The first kappa shape index (κ1) is 16.0. The first-order chi connectivity index (χ1) is 9.13. The first-order valence-corrected chi connectivity index (χ1v) is 7.21. The molecule has 0 amide bonds. The van der Waals surface area contributed by atoms with E-state index in [1.54, 1.807) is 0 Å². The number of hydrogen-bond acceptors (Lipinski definition) is 3. The van der Waals surface area contributed by atoms with Crippen LogP contribution in [0.5, 0.6) is 5.75 Å². The summed E-state index contributed by atoms with van der Waals surface area (Å²) in [5, 5.41) is 12.7. The number of aliphatic hydroxyl groups is 1. The Hall–Kier alpha value is -1.06. The lowest BCUT2D eigenvalue weighted by molar-refractivity contribution is 0.158. The van der Waals surface area contributed by atoms with Crippen LogP contribution in [0, 0.1) is 0 Å². The predicted octanol–water partition coefficient (Wildman–Crippen LogP) is 2.77. The molecule has 0 aliphatic carbocycles. The Morgan fingerprint density at radius 2 is 1.89 bits per heavy atom. The third-order valence-corrected chi connectivity index (χ3v) is 3.43. The molecule has 0 heterocycles. The molecule has 0 saturated carbocycles. The minimum atomic E-state index is -0.190. The van der Waals surface area contributed by atoms with Gasteiger partial charge in [0.25, 0.3) is 0 Å². The topological polar surface area (TPSA) is 41.5 Å². The molecule has 0 fully saturated rings. The van der Waals surface area contributed by atoms with Gasteiger partial charge in [-0.3, -0.25) is 0 Å². The molecule has 0 radical (unpaired) electrons. The Balaban J connectivity index is 2.29. The molecule has 1 atom stereocenters. The minimum Gasteiger partial charge on any atom is -0.494 e. The number of rotatable bonds is 9. The Labute approximate surface area is 117 Å². The molecule has 1 aromatic rings. The average Bonchev–Trinajstić information content (AvgIpc) is 2.44. The Morgan fingerprint density at radius 3 is 2.42 bits per heavy atom. The van der Waals surface area contributed by atoms with Crippen LogP contribution in [0.1, 0.15) is 39.2 Å². The van der Waals surface area contributed by atoms with Crippen molar-refractivity contribution in [3.8, 4) is 5.75 Å². The van der Waals surface area contributed by atoms with E-state index in [0.29, 0.717) is 6.61 Å². The van der Waals surface area contributed by atoms with E-state index >= 15 is 0 Å². The van der Waals surface area contributed by atoms with Crippen molar-refractivity contribution in [2.24, 2.45) is 0 Å². The van der Waals surface area contributed by atoms with Crippen molar-refractivity contribution in [1.29, 1.82) is 0 Å². The van der Waals surface area contributed by atoms with Gasteiger partial charge >= 0.3 is 0 Å². The zero-order valence-corrected chi connectivity index (χ0v) is 12.4. The third-order valence-electron chi connectivity index (χ3n) is 3.43. The van der Waals surface area contributed by atoms with Gasteiger partial charge in [0, 0.05) is 5.54 Å². The van der Waals surface area contributed by atoms with E-state index in [9.17, 15) is 5.11 Å². The summed E-state index contributed by atoms with van der Waals surface area (Å²) < 4.78 is 5.71. The summed E-state index contributed by atoms with van der Waals surface area (Å²) >= 11 is 0. The summed E-state index contributed by atoms with van der Waals surface area (Å²) in [7, 11) is 0. The van der Waals surface area contributed by atoms with Crippen molar-refractivity contribution in [3.05, 3.63) is 29.8 Å². The summed E-state index contributed by atoms with van der Waals surface area (Å²) in [4.78, 5) is 0. The van der Waals surface area contributed by atoms with Gasteiger partial charge in [-0.1, -0.05) is 26.0 Å². The summed E-state index contributed by atoms with van der Waals surface area (Å²) in [6.07, 6.45) is 2.89. The molecular weight excluding hydrogens is 238 g/mol. The molecule has 0 aliphatic rings. The van der Waals surface area contributed by atoms with Crippen LogP contribution in [-0.4, -0.2) is 30.4 Å². The fourth-order valence-corrected chi connectivity index (χ4v) is 2.12. The molecule has 1 rings (SSSR count). The third kappa shape index (κ3) is 5.62. The monoisotopic (exact) mass is 265 g/mol. The largest absolute Gasteiger partial charge is 0.494 e. The summed E-state index contributed by atoms with van der Waals surface area (Å²) in [6.45, 7) is 7.97. The molecule has 0 spiro atoms. The molecule has 19 heavy (non-hydrogen) atoms. The van der Waals surface area contributed by atoms with Crippen molar-refractivity contribution in [1.82, 2.24) is 5.32 Å². The van der Waals surface area contributed by atoms with Gasteiger partial charge in [-0.15, -0.1) is 0 Å². The second-order valence-corrected chi connectivity index (χ2v) is 5.20. The van der Waals surface area contributed by atoms with Crippen molar-refractivity contribution in [2.75, 3.05) is 19.8 Å². The molecule has 0 aromatic heterocycles. The molecule has 1 aromatic carbocycles.